The Morgan fingerprint density at radius 3 is 2.30 bits per heavy atom. The highest BCUT2D eigenvalue weighted by atomic mass is 16.5. The lowest BCUT2D eigenvalue weighted by molar-refractivity contribution is -0.140. The quantitative estimate of drug-likeness (QED) is 0.418. The first-order valence-corrected chi connectivity index (χ1v) is 9.77. The van der Waals surface area contributed by atoms with Crippen molar-refractivity contribution in [1.29, 1.82) is 0 Å². The van der Waals surface area contributed by atoms with E-state index in [1.807, 2.05) is 60.7 Å². The maximum absolute atomic E-state index is 12.8. The highest BCUT2D eigenvalue weighted by molar-refractivity contribution is 5.88. The minimum Gasteiger partial charge on any atom is -0.481 e. The summed E-state index contributed by atoms with van der Waals surface area (Å²) in [5.41, 5.74) is 0.879. The van der Waals surface area contributed by atoms with Gasteiger partial charge in [-0.2, -0.15) is 0 Å². The molecule has 0 bridgehead atoms. The third-order valence-corrected chi connectivity index (χ3v) is 4.64. The van der Waals surface area contributed by atoms with Gasteiger partial charge in [-0.3, -0.25) is 9.59 Å². The second-order valence-electron chi connectivity index (χ2n) is 6.99. The fraction of sp³-hybridized carbons (Fsp3) is 0.208. The summed E-state index contributed by atoms with van der Waals surface area (Å²) in [6, 6.07) is 21.5. The fourth-order valence-corrected chi connectivity index (χ4v) is 3.13. The fourth-order valence-electron chi connectivity index (χ4n) is 3.13. The Morgan fingerprint density at radius 1 is 0.867 bits per heavy atom. The summed E-state index contributed by atoms with van der Waals surface area (Å²) >= 11 is 0. The molecule has 0 spiro atoms. The van der Waals surface area contributed by atoms with Crippen molar-refractivity contribution in [2.45, 2.75) is 31.7 Å². The average molecular weight is 405 g/mol. The van der Waals surface area contributed by atoms with Crippen LogP contribution in [0.2, 0.25) is 0 Å². The van der Waals surface area contributed by atoms with Crippen molar-refractivity contribution in [3.05, 3.63) is 78.4 Å². The highest BCUT2D eigenvalue weighted by Crippen LogP contribution is 2.21. The molecule has 0 aromatic heterocycles. The number of carbonyl (C=O) groups excluding carboxylic acids is 2. The molecule has 0 aliphatic rings. The summed E-state index contributed by atoms with van der Waals surface area (Å²) in [5.74, 6) is -1.51. The van der Waals surface area contributed by atoms with Gasteiger partial charge in [-0.15, -0.1) is 0 Å². The Bertz CT molecular complexity index is 1030. The normalized spacial score (nSPS) is 11.6. The van der Waals surface area contributed by atoms with E-state index < -0.39 is 18.0 Å². The lowest BCUT2D eigenvalue weighted by Gasteiger charge is -2.18. The first-order chi connectivity index (χ1) is 14.5. The zero-order valence-electron chi connectivity index (χ0n) is 16.4. The summed E-state index contributed by atoms with van der Waals surface area (Å²) in [5, 5.41) is 13.4. The number of hydrogen-bond acceptors (Lipinski definition) is 4. The number of ether oxygens (including phenoxy) is 1. The van der Waals surface area contributed by atoms with Crippen molar-refractivity contribution in [3.8, 4) is 5.75 Å². The zero-order chi connectivity index (χ0) is 21.3. The lowest BCUT2D eigenvalue weighted by atomic mass is 10.1. The molecular formula is C24H23NO5. The van der Waals surface area contributed by atoms with Gasteiger partial charge in [0.2, 0.25) is 5.91 Å². The van der Waals surface area contributed by atoms with E-state index in [4.69, 9.17) is 9.84 Å². The van der Waals surface area contributed by atoms with Crippen LogP contribution in [0.3, 0.4) is 0 Å². The predicted octanol–water partition coefficient (Wildman–Crippen LogP) is 3.73. The Kier molecular flexibility index (Phi) is 7.16. The van der Waals surface area contributed by atoms with Gasteiger partial charge in [0.1, 0.15) is 11.8 Å². The van der Waals surface area contributed by atoms with Gasteiger partial charge < -0.3 is 15.2 Å². The monoisotopic (exact) mass is 405 g/mol. The molecule has 0 heterocycles. The number of hydrogen-bond donors (Lipinski definition) is 2. The van der Waals surface area contributed by atoms with Crippen LogP contribution in [0.15, 0.2) is 72.8 Å². The maximum atomic E-state index is 12.8. The molecule has 30 heavy (non-hydrogen) atoms. The number of benzene rings is 3. The van der Waals surface area contributed by atoms with E-state index in [2.05, 4.69) is 5.32 Å². The number of fused-ring (bicyclic) bond motifs is 1. The summed E-state index contributed by atoms with van der Waals surface area (Å²) in [6.45, 7) is 0. The van der Waals surface area contributed by atoms with Crippen molar-refractivity contribution in [2.24, 2.45) is 0 Å². The largest absolute Gasteiger partial charge is 0.481 e. The van der Waals surface area contributed by atoms with Crippen LogP contribution in [0.25, 0.3) is 10.8 Å². The van der Waals surface area contributed by atoms with Gasteiger partial charge in [-0.05, 0) is 34.9 Å². The van der Waals surface area contributed by atoms with E-state index in [9.17, 15) is 14.4 Å². The van der Waals surface area contributed by atoms with Crippen LogP contribution >= 0.6 is 0 Å². The summed E-state index contributed by atoms with van der Waals surface area (Å²) in [4.78, 5) is 35.7. The first kappa shape index (κ1) is 21.0. The second kappa shape index (κ2) is 10.2. The molecule has 0 aliphatic heterocycles. The lowest BCUT2D eigenvalue weighted by Crippen LogP contribution is -2.44. The molecule has 2 N–H and O–H groups in total. The molecule has 1 amide bonds. The molecule has 6 nitrogen and oxygen atoms in total. The van der Waals surface area contributed by atoms with E-state index in [1.165, 1.54) is 0 Å². The van der Waals surface area contributed by atoms with Crippen molar-refractivity contribution < 1.29 is 24.2 Å². The Morgan fingerprint density at radius 2 is 1.57 bits per heavy atom. The Labute approximate surface area is 174 Å². The predicted molar refractivity (Wildman–Crippen MR) is 113 cm³/mol. The average Bonchev–Trinajstić information content (AvgIpc) is 2.73. The molecular weight excluding hydrogens is 382 g/mol. The summed E-state index contributed by atoms with van der Waals surface area (Å²) < 4.78 is 5.55. The number of nitrogens with one attached hydrogen (secondary N) is 1. The van der Waals surface area contributed by atoms with Crippen molar-refractivity contribution in [2.75, 3.05) is 0 Å². The van der Waals surface area contributed by atoms with Gasteiger partial charge in [0.25, 0.3) is 0 Å². The van der Waals surface area contributed by atoms with Crippen molar-refractivity contribution in [3.63, 3.8) is 0 Å². The Hall–Kier alpha value is -3.67. The molecule has 3 aromatic rings. The van der Waals surface area contributed by atoms with Crippen LogP contribution in [0.5, 0.6) is 5.75 Å². The topological polar surface area (TPSA) is 92.7 Å². The van der Waals surface area contributed by atoms with Gasteiger partial charge in [0, 0.05) is 19.3 Å². The number of rotatable bonds is 9. The van der Waals surface area contributed by atoms with Crippen molar-refractivity contribution >= 4 is 28.6 Å². The molecule has 0 saturated heterocycles. The third-order valence-electron chi connectivity index (χ3n) is 4.64. The van der Waals surface area contributed by atoms with E-state index >= 15 is 0 Å². The van der Waals surface area contributed by atoms with Gasteiger partial charge in [-0.25, -0.2) is 4.79 Å². The molecule has 0 saturated carbocycles. The molecule has 0 aliphatic carbocycles. The van der Waals surface area contributed by atoms with E-state index in [-0.39, 0.29) is 31.6 Å². The summed E-state index contributed by atoms with van der Waals surface area (Å²) in [7, 11) is 0. The molecule has 0 radical (unpaired) electrons. The number of esters is 1. The molecule has 3 rings (SSSR count). The third kappa shape index (κ3) is 6.17. The van der Waals surface area contributed by atoms with Crippen molar-refractivity contribution in [1.82, 2.24) is 5.32 Å². The number of carboxylic acids is 1. The molecule has 0 fully saturated rings. The molecule has 6 heteroatoms. The zero-order valence-corrected chi connectivity index (χ0v) is 16.4. The standard InChI is InChI=1S/C24H23NO5/c26-22(11-6-12-23(27)28)25-21(15-17-7-2-1-3-8-17)24(29)30-20-14-13-18-9-4-5-10-19(18)16-20/h1-5,7-10,13-14,16,21H,6,11-12,15H2,(H,25,26)(H,27,28)/t21-/m0/s1. The van der Waals surface area contributed by atoms with Crippen LogP contribution in [-0.2, 0) is 20.8 Å². The second-order valence-corrected chi connectivity index (χ2v) is 6.99. The van der Waals surface area contributed by atoms with Gasteiger partial charge in [-0.1, -0.05) is 60.7 Å². The van der Waals surface area contributed by atoms with Crippen LogP contribution in [0.4, 0.5) is 0 Å². The van der Waals surface area contributed by atoms with E-state index in [1.54, 1.807) is 12.1 Å². The smallest absolute Gasteiger partial charge is 0.334 e. The van der Waals surface area contributed by atoms with Crippen LogP contribution in [0, 0.1) is 0 Å². The van der Waals surface area contributed by atoms with Gasteiger partial charge >= 0.3 is 11.9 Å². The van der Waals surface area contributed by atoms with Crippen LogP contribution in [0.1, 0.15) is 24.8 Å². The Balaban J connectivity index is 1.71. The van der Waals surface area contributed by atoms with Crippen LogP contribution in [-0.4, -0.2) is 29.0 Å². The van der Waals surface area contributed by atoms with Gasteiger partial charge in [0.05, 0.1) is 0 Å². The van der Waals surface area contributed by atoms with E-state index in [0.29, 0.717) is 5.75 Å². The maximum Gasteiger partial charge on any atom is 0.334 e. The molecule has 3 aromatic carbocycles. The minimum absolute atomic E-state index is 0.0286. The SMILES string of the molecule is O=C(O)CCCC(=O)N[C@@H](Cc1ccccc1)C(=O)Oc1ccc2ccccc2c1. The first-order valence-electron chi connectivity index (χ1n) is 9.77. The van der Waals surface area contributed by atoms with E-state index in [0.717, 1.165) is 16.3 Å². The highest BCUT2D eigenvalue weighted by Gasteiger charge is 2.23. The molecule has 154 valence electrons. The summed E-state index contributed by atoms with van der Waals surface area (Å²) in [6.07, 6.45) is 0.413. The number of carbonyl (C=O) groups is 3. The minimum atomic E-state index is -0.959. The number of amides is 1. The molecule has 0 unspecified atom stereocenters. The van der Waals surface area contributed by atoms with Crippen LogP contribution < -0.4 is 10.1 Å². The number of aliphatic carboxylic acids is 1. The molecule has 1 atom stereocenters. The number of carboxylic acid groups (broad SMARTS) is 1. The van der Waals surface area contributed by atoms with Gasteiger partial charge in [0.15, 0.2) is 0 Å².